The fourth-order valence-corrected chi connectivity index (χ4v) is 3.78. The predicted molar refractivity (Wildman–Crippen MR) is 113 cm³/mol. The minimum absolute atomic E-state index is 0.0296. The molecule has 6 nitrogen and oxygen atoms in total. The van der Waals surface area contributed by atoms with Gasteiger partial charge >= 0.3 is 0 Å². The molecule has 0 bridgehead atoms. The summed E-state index contributed by atoms with van der Waals surface area (Å²) in [6.07, 6.45) is 2.74. The first-order valence-electron chi connectivity index (χ1n) is 10.2. The van der Waals surface area contributed by atoms with E-state index < -0.39 is 0 Å². The second-order valence-electron chi connectivity index (χ2n) is 7.58. The van der Waals surface area contributed by atoms with E-state index in [0.29, 0.717) is 12.2 Å². The largest absolute Gasteiger partial charge is 0.336 e. The highest BCUT2D eigenvalue weighted by atomic mass is 16.2. The van der Waals surface area contributed by atoms with Gasteiger partial charge in [-0.3, -0.25) is 9.69 Å². The van der Waals surface area contributed by atoms with Gasteiger partial charge in [0.25, 0.3) is 5.91 Å². The number of hydrogen-bond acceptors (Lipinski definition) is 4. The third kappa shape index (κ3) is 4.71. The summed E-state index contributed by atoms with van der Waals surface area (Å²) in [4.78, 5) is 17.3. The van der Waals surface area contributed by atoms with Crippen LogP contribution < -0.4 is 0 Å². The van der Waals surface area contributed by atoms with Crippen molar-refractivity contribution in [3.63, 3.8) is 0 Å². The number of rotatable bonds is 5. The molecule has 1 aliphatic heterocycles. The zero-order chi connectivity index (χ0) is 20.1. The Hall–Kier alpha value is -2.99. The van der Waals surface area contributed by atoms with Gasteiger partial charge in [0.05, 0.1) is 12.2 Å². The number of nitrogens with zero attached hydrogens (tertiary/aromatic N) is 5. The summed E-state index contributed by atoms with van der Waals surface area (Å²) in [7, 11) is 0. The lowest BCUT2D eigenvalue weighted by atomic mass is 10.1. The maximum Gasteiger partial charge on any atom is 0.276 e. The molecule has 4 rings (SSSR count). The quantitative estimate of drug-likeness (QED) is 0.672. The Morgan fingerprint density at radius 2 is 1.69 bits per heavy atom. The van der Waals surface area contributed by atoms with Gasteiger partial charge in [0.2, 0.25) is 0 Å². The van der Waals surface area contributed by atoms with Crippen molar-refractivity contribution in [1.82, 2.24) is 24.8 Å². The second-order valence-corrected chi connectivity index (χ2v) is 7.58. The Labute approximate surface area is 171 Å². The minimum atomic E-state index is -0.0296. The van der Waals surface area contributed by atoms with Gasteiger partial charge in [-0.1, -0.05) is 65.9 Å². The monoisotopic (exact) mass is 389 g/mol. The molecule has 2 aromatic carbocycles. The van der Waals surface area contributed by atoms with Crippen LogP contribution in [0.3, 0.4) is 0 Å². The zero-order valence-electron chi connectivity index (χ0n) is 16.8. The molecule has 1 amide bonds. The molecule has 0 radical (unpaired) electrons. The van der Waals surface area contributed by atoms with Crippen LogP contribution in [0.25, 0.3) is 0 Å². The van der Waals surface area contributed by atoms with Crippen LogP contribution in [0.2, 0.25) is 0 Å². The predicted octanol–water partition coefficient (Wildman–Crippen LogP) is 3.24. The fourth-order valence-electron chi connectivity index (χ4n) is 3.78. The summed E-state index contributed by atoms with van der Waals surface area (Å²) in [5.41, 5.74) is 2.87. The van der Waals surface area contributed by atoms with Crippen molar-refractivity contribution in [3.05, 3.63) is 83.7 Å². The number of carbonyl (C=O) groups is 1. The van der Waals surface area contributed by atoms with Crippen LogP contribution >= 0.6 is 0 Å². The maximum atomic E-state index is 13.0. The smallest absolute Gasteiger partial charge is 0.276 e. The lowest BCUT2D eigenvalue weighted by molar-refractivity contribution is 0.0755. The average Bonchev–Trinajstić information content (AvgIpc) is 3.15. The molecule has 1 aromatic heterocycles. The van der Waals surface area contributed by atoms with E-state index in [0.717, 1.165) is 38.2 Å². The third-order valence-corrected chi connectivity index (χ3v) is 5.53. The summed E-state index contributed by atoms with van der Waals surface area (Å²) in [6.45, 7) is 6.32. The molecule has 1 aliphatic rings. The van der Waals surface area contributed by atoms with Gasteiger partial charge in [-0.15, -0.1) is 5.10 Å². The van der Waals surface area contributed by atoms with Crippen molar-refractivity contribution in [2.24, 2.45) is 0 Å². The zero-order valence-corrected chi connectivity index (χ0v) is 16.8. The molecule has 0 spiro atoms. The topological polar surface area (TPSA) is 54.3 Å². The number of amides is 1. The first-order chi connectivity index (χ1) is 14.2. The Morgan fingerprint density at radius 3 is 2.45 bits per heavy atom. The van der Waals surface area contributed by atoms with Crippen molar-refractivity contribution in [2.75, 3.05) is 26.2 Å². The van der Waals surface area contributed by atoms with Gasteiger partial charge in [-0.05, 0) is 24.5 Å². The normalized spacial score (nSPS) is 16.4. The van der Waals surface area contributed by atoms with E-state index >= 15 is 0 Å². The number of aromatic nitrogens is 3. The van der Waals surface area contributed by atoms with Crippen LogP contribution in [0.15, 0.2) is 66.9 Å². The van der Waals surface area contributed by atoms with Crippen LogP contribution in [0.1, 0.15) is 41.0 Å². The molecule has 1 atom stereocenters. The van der Waals surface area contributed by atoms with Crippen molar-refractivity contribution < 1.29 is 4.79 Å². The molecule has 3 aromatic rings. The standard InChI is InChI=1S/C23H27N5O/c1-19(21-11-6-3-7-12-21)28-18-22(24-25-28)23(29)27-14-8-13-26(15-16-27)17-20-9-4-2-5-10-20/h2-7,9-12,18-19H,8,13-17H2,1H3. The van der Waals surface area contributed by atoms with Gasteiger partial charge in [0, 0.05) is 32.7 Å². The second kappa shape index (κ2) is 9.01. The molecule has 1 unspecified atom stereocenters. The van der Waals surface area contributed by atoms with E-state index in [-0.39, 0.29) is 11.9 Å². The molecule has 6 heteroatoms. The minimum Gasteiger partial charge on any atom is -0.336 e. The van der Waals surface area contributed by atoms with Crippen LogP contribution in [0, 0.1) is 0 Å². The number of carbonyl (C=O) groups excluding carboxylic acids is 1. The van der Waals surface area contributed by atoms with Crippen LogP contribution in [-0.2, 0) is 6.54 Å². The van der Waals surface area contributed by atoms with E-state index in [1.165, 1.54) is 5.56 Å². The summed E-state index contributed by atoms with van der Waals surface area (Å²) in [5, 5.41) is 8.37. The van der Waals surface area contributed by atoms with Crippen LogP contribution in [0.5, 0.6) is 0 Å². The highest BCUT2D eigenvalue weighted by Crippen LogP contribution is 2.17. The summed E-state index contributed by atoms with van der Waals surface area (Å²) < 4.78 is 1.77. The van der Waals surface area contributed by atoms with Gasteiger partial charge in [-0.25, -0.2) is 4.68 Å². The van der Waals surface area contributed by atoms with Gasteiger partial charge in [-0.2, -0.15) is 0 Å². The Kier molecular flexibility index (Phi) is 6.00. The Balaban J connectivity index is 1.38. The lowest BCUT2D eigenvalue weighted by Crippen LogP contribution is -2.35. The van der Waals surface area contributed by atoms with Gasteiger partial charge < -0.3 is 4.90 Å². The molecule has 0 aliphatic carbocycles. The maximum absolute atomic E-state index is 13.0. The SMILES string of the molecule is CC(c1ccccc1)n1cc(C(=O)N2CCCN(Cc3ccccc3)CC2)nn1. The highest BCUT2D eigenvalue weighted by molar-refractivity contribution is 5.92. The van der Waals surface area contributed by atoms with Crippen molar-refractivity contribution >= 4 is 5.91 Å². The van der Waals surface area contributed by atoms with Crippen LogP contribution in [0.4, 0.5) is 0 Å². The lowest BCUT2D eigenvalue weighted by Gasteiger charge is -2.21. The summed E-state index contributed by atoms with van der Waals surface area (Å²) >= 11 is 0. The molecular weight excluding hydrogens is 362 g/mol. The molecule has 1 saturated heterocycles. The first kappa shape index (κ1) is 19.3. The molecule has 0 saturated carbocycles. The first-order valence-corrected chi connectivity index (χ1v) is 10.2. The van der Waals surface area contributed by atoms with E-state index in [4.69, 9.17) is 0 Å². The van der Waals surface area contributed by atoms with Crippen LogP contribution in [-0.4, -0.2) is 56.9 Å². The average molecular weight is 390 g/mol. The van der Waals surface area contributed by atoms with Crippen molar-refractivity contribution in [3.8, 4) is 0 Å². The van der Waals surface area contributed by atoms with Crippen molar-refractivity contribution in [1.29, 1.82) is 0 Å². The molecular formula is C23H27N5O. The van der Waals surface area contributed by atoms with Crippen molar-refractivity contribution in [2.45, 2.75) is 25.9 Å². The molecule has 29 heavy (non-hydrogen) atoms. The Bertz CT molecular complexity index is 925. The molecule has 150 valence electrons. The van der Waals surface area contributed by atoms with Gasteiger partial charge in [0.15, 0.2) is 5.69 Å². The molecule has 1 fully saturated rings. The van der Waals surface area contributed by atoms with E-state index in [1.807, 2.05) is 29.2 Å². The van der Waals surface area contributed by atoms with Gasteiger partial charge in [0.1, 0.15) is 0 Å². The summed E-state index contributed by atoms with van der Waals surface area (Å²) in [6, 6.07) is 20.7. The van der Waals surface area contributed by atoms with E-state index in [1.54, 1.807) is 10.9 Å². The fraction of sp³-hybridized carbons (Fsp3) is 0.348. The Morgan fingerprint density at radius 1 is 0.966 bits per heavy atom. The highest BCUT2D eigenvalue weighted by Gasteiger charge is 2.23. The third-order valence-electron chi connectivity index (χ3n) is 5.53. The molecule has 2 heterocycles. The van der Waals surface area contributed by atoms with E-state index in [2.05, 4.69) is 58.5 Å². The molecule has 0 N–H and O–H groups in total. The number of benzene rings is 2. The number of hydrogen-bond donors (Lipinski definition) is 0. The van der Waals surface area contributed by atoms with E-state index in [9.17, 15) is 4.79 Å². The summed E-state index contributed by atoms with van der Waals surface area (Å²) in [5.74, 6) is -0.0296.